The molecule has 0 aliphatic heterocycles. The largest absolute Gasteiger partial charge is 0.381 e. The van der Waals surface area contributed by atoms with E-state index in [1.54, 1.807) is 12.1 Å². The van der Waals surface area contributed by atoms with Gasteiger partial charge in [-0.25, -0.2) is 4.39 Å². The van der Waals surface area contributed by atoms with Crippen LogP contribution >= 0.6 is 15.9 Å². The van der Waals surface area contributed by atoms with Crippen LogP contribution in [0.2, 0.25) is 0 Å². The fraction of sp³-hybridized carbons (Fsp3) is 0.250. The van der Waals surface area contributed by atoms with Gasteiger partial charge >= 0.3 is 0 Å². The van der Waals surface area contributed by atoms with Crippen molar-refractivity contribution in [1.29, 1.82) is 0 Å². The van der Waals surface area contributed by atoms with Gasteiger partial charge in [-0.05, 0) is 55.6 Å². The van der Waals surface area contributed by atoms with Gasteiger partial charge in [-0.3, -0.25) is 0 Å². The molecular formula is C16H18BrFN2. The quantitative estimate of drug-likeness (QED) is 0.877. The summed E-state index contributed by atoms with van der Waals surface area (Å²) in [6, 6.07) is 13.0. The van der Waals surface area contributed by atoms with Gasteiger partial charge in [-0.2, -0.15) is 0 Å². The third-order valence-electron chi connectivity index (χ3n) is 2.92. The van der Waals surface area contributed by atoms with Crippen LogP contribution < -0.4 is 5.32 Å². The van der Waals surface area contributed by atoms with Gasteiger partial charge in [0.15, 0.2) is 0 Å². The highest BCUT2D eigenvalue weighted by molar-refractivity contribution is 9.10. The molecule has 2 aromatic rings. The van der Waals surface area contributed by atoms with Crippen molar-refractivity contribution in [2.75, 3.05) is 19.4 Å². The number of benzene rings is 2. The van der Waals surface area contributed by atoms with E-state index in [2.05, 4.69) is 38.3 Å². The summed E-state index contributed by atoms with van der Waals surface area (Å²) in [5, 5.41) is 3.33. The number of nitrogens with one attached hydrogen (secondary N) is 1. The third-order valence-corrected chi connectivity index (χ3v) is 3.69. The zero-order valence-electron chi connectivity index (χ0n) is 11.7. The molecule has 0 saturated carbocycles. The van der Waals surface area contributed by atoms with Gasteiger partial charge in [0, 0.05) is 23.2 Å². The second-order valence-corrected chi connectivity index (χ2v) is 5.88. The number of hydrogen-bond acceptors (Lipinski definition) is 2. The van der Waals surface area contributed by atoms with Crippen molar-refractivity contribution >= 4 is 21.6 Å². The Kier molecular flexibility index (Phi) is 5.15. The van der Waals surface area contributed by atoms with Crippen LogP contribution in [0.1, 0.15) is 11.1 Å². The molecule has 0 aliphatic rings. The van der Waals surface area contributed by atoms with Gasteiger partial charge in [0.25, 0.3) is 0 Å². The Morgan fingerprint density at radius 1 is 1.15 bits per heavy atom. The number of rotatable bonds is 5. The summed E-state index contributed by atoms with van der Waals surface area (Å²) in [7, 11) is 4.09. The summed E-state index contributed by atoms with van der Waals surface area (Å²) in [6.45, 7) is 1.49. The summed E-state index contributed by atoms with van der Waals surface area (Å²) >= 11 is 3.44. The van der Waals surface area contributed by atoms with Crippen LogP contribution in [0.25, 0.3) is 0 Å². The minimum Gasteiger partial charge on any atom is -0.381 e. The van der Waals surface area contributed by atoms with Crippen LogP contribution in [0.15, 0.2) is 46.9 Å². The molecule has 2 nitrogen and oxygen atoms in total. The molecule has 0 heterocycles. The van der Waals surface area contributed by atoms with Crippen molar-refractivity contribution in [3.63, 3.8) is 0 Å². The number of anilines is 1. The Labute approximate surface area is 127 Å². The first kappa shape index (κ1) is 15.0. The highest BCUT2D eigenvalue weighted by atomic mass is 79.9. The average Bonchev–Trinajstić information content (AvgIpc) is 2.39. The monoisotopic (exact) mass is 336 g/mol. The first-order valence-corrected chi connectivity index (χ1v) is 7.25. The number of halogens is 2. The molecule has 0 unspecified atom stereocenters. The molecule has 0 aliphatic carbocycles. The molecule has 0 atom stereocenters. The van der Waals surface area contributed by atoms with E-state index in [1.807, 2.05) is 26.2 Å². The summed E-state index contributed by atoms with van der Waals surface area (Å²) in [4.78, 5) is 2.13. The Morgan fingerprint density at radius 2 is 1.95 bits per heavy atom. The minimum absolute atomic E-state index is 0.216. The van der Waals surface area contributed by atoms with E-state index in [-0.39, 0.29) is 5.82 Å². The van der Waals surface area contributed by atoms with Gasteiger partial charge in [-0.15, -0.1) is 0 Å². The summed E-state index contributed by atoms with van der Waals surface area (Å²) in [6.07, 6.45) is 0. The zero-order chi connectivity index (χ0) is 14.5. The lowest BCUT2D eigenvalue weighted by molar-refractivity contribution is 0.402. The van der Waals surface area contributed by atoms with Crippen LogP contribution in [0.5, 0.6) is 0 Å². The first-order valence-electron chi connectivity index (χ1n) is 6.46. The second-order valence-electron chi connectivity index (χ2n) is 5.03. The van der Waals surface area contributed by atoms with Crippen molar-refractivity contribution in [2.24, 2.45) is 0 Å². The van der Waals surface area contributed by atoms with Crippen molar-refractivity contribution in [3.8, 4) is 0 Å². The Morgan fingerprint density at radius 3 is 2.70 bits per heavy atom. The third kappa shape index (κ3) is 4.32. The molecule has 0 bridgehead atoms. The molecule has 0 amide bonds. The topological polar surface area (TPSA) is 15.3 Å². The molecule has 0 fully saturated rings. The van der Waals surface area contributed by atoms with E-state index < -0.39 is 0 Å². The normalized spacial score (nSPS) is 10.8. The molecule has 2 rings (SSSR count). The number of hydrogen-bond donors (Lipinski definition) is 1. The lowest BCUT2D eigenvalue weighted by Gasteiger charge is -2.12. The van der Waals surface area contributed by atoms with Crippen molar-refractivity contribution < 1.29 is 4.39 Å². The second kappa shape index (κ2) is 6.86. The van der Waals surface area contributed by atoms with Crippen molar-refractivity contribution in [2.45, 2.75) is 13.1 Å². The SMILES string of the molecule is CN(C)Cc1cccc(NCc2cc(F)ccc2Br)c1. The molecule has 0 aromatic heterocycles. The highest BCUT2D eigenvalue weighted by Crippen LogP contribution is 2.20. The van der Waals surface area contributed by atoms with E-state index in [0.717, 1.165) is 22.3 Å². The lowest BCUT2D eigenvalue weighted by atomic mass is 10.1. The maximum atomic E-state index is 13.2. The van der Waals surface area contributed by atoms with E-state index in [0.29, 0.717) is 6.54 Å². The van der Waals surface area contributed by atoms with Gasteiger partial charge in [0.2, 0.25) is 0 Å². The predicted octanol–water partition coefficient (Wildman–Crippen LogP) is 4.26. The van der Waals surface area contributed by atoms with Crippen LogP contribution in [0.4, 0.5) is 10.1 Å². The van der Waals surface area contributed by atoms with Gasteiger partial charge in [-0.1, -0.05) is 28.1 Å². The molecule has 0 spiro atoms. The van der Waals surface area contributed by atoms with E-state index >= 15 is 0 Å². The van der Waals surface area contributed by atoms with Crippen LogP contribution in [0, 0.1) is 5.82 Å². The van der Waals surface area contributed by atoms with E-state index in [4.69, 9.17) is 0 Å². The van der Waals surface area contributed by atoms with Gasteiger partial charge in [0.05, 0.1) is 0 Å². The van der Waals surface area contributed by atoms with Gasteiger partial charge in [0.1, 0.15) is 5.82 Å². The smallest absolute Gasteiger partial charge is 0.123 e. The number of nitrogens with zero attached hydrogens (tertiary/aromatic N) is 1. The van der Waals surface area contributed by atoms with Crippen LogP contribution in [-0.4, -0.2) is 19.0 Å². The molecular weight excluding hydrogens is 319 g/mol. The zero-order valence-corrected chi connectivity index (χ0v) is 13.2. The van der Waals surface area contributed by atoms with E-state index in [1.165, 1.54) is 11.6 Å². The molecule has 20 heavy (non-hydrogen) atoms. The van der Waals surface area contributed by atoms with Gasteiger partial charge < -0.3 is 10.2 Å². The maximum absolute atomic E-state index is 13.2. The van der Waals surface area contributed by atoms with Crippen molar-refractivity contribution in [1.82, 2.24) is 4.90 Å². The Bertz CT molecular complexity index is 584. The Balaban J connectivity index is 2.05. The first-order chi connectivity index (χ1) is 9.54. The fourth-order valence-corrected chi connectivity index (χ4v) is 2.41. The minimum atomic E-state index is -0.216. The highest BCUT2D eigenvalue weighted by Gasteiger charge is 2.03. The standard InChI is InChI=1S/C16H18BrFN2/c1-20(2)11-12-4-3-5-15(8-12)19-10-13-9-14(18)6-7-16(13)17/h3-9,19H,10-11H2,1-2H3. The lowest BCUT2D eigenvalue weighted by Crippen LogP contribution is -2.10. The average molecular weight is 337 g/mol. The summed E-state index contributed by atoms with van der Waals surface area (Å²) < 4.78 is 14.1. The molecule has 2 aromatic carbocycles. The maximum Gasteiger partial charge on any atom is 0.123 e. The predicted molar refractivity (Wildman–Crippen MR) is 85.3 cm³/mol. The van der Waals surface area contributed by atoms with Crippen LogP contribution in [-0.2, 0) is 13.1 Å². The van der Waals surface area contributed by atoms with E-state index in [9.17, 15) is 4.39 Å². The Hall–Kier alpha value is -1.39. The molecule has 1 N–H and O–H groups in total. The molecule has 106 valence electrons. The molecule has 4 heteroatoms. The van der Waals surface area contributed by atoms with Crippen molar-refractivity contribution in [3.05, 3.63) is 63.9 Å². The molecule has 0 radical (unpaired) electrons. The fourth-order valence-electron chi connectivity index (χ4n) is 2.02. The molecule has 0 saturated heterocycles. The van der Waals surface area contributed by atoms with Crippen LogP contribution in [0.3, 0.4) is 0 Å². The summed E-state index contributed by atoms with van der Waals surface area (Å²) in [5.74, 6) is -0.216. The summed E-state index contributed by atoms with van der Waals surface area (Å²) in [5.41, 5.74) is 3.20.